The van der Waals surface area contributed by atoms with Crippen molar-refractivity contribution in [3.63, 3.8) is 0 Å². The Hall–Kier alpha value is -2.21. The first-order chi connectivity index (χ1) is 9.78. The van der Waals surface area contributed by atoms with Crippen molar-refractivity contribution in [1.82, 2.24) is 0 Å². The molecule has 7 heteroatoms. The van der Waals surface area contributed by atoms with Crippen LogP contribution in [0.5, 0.6) is 5.75 Å². The van der Waals surface area contributed by atoms with E-state index in [9.17, 15) is 18.0 Å². The average molecular weight is 316 g/mol. The quantitative estimate of drug-likeness (QED) is 0.930. The normalized spacial score (nSPS) is 11.2. The molecule has 2 aromatic carbocycles. The third-order valence-corrected chi connectivity index (χ3v) is 2.89. The molecule has 2 aromatic rings. The van der Waals surface area contributed by atoms with Gasteiger partial charge in [0.25, 0.3) is 0 Å². The van der Waals surface area contributed by atoms with E-state index in [1.54, 1.807) is 0 Å². The lowest BCUT2D eigenvalue weighted by atomic mass is 9.98. The van der Waals surface area contributed by atoms with Gasteiger partial charge >= 0.3 is 6.36 Å². The van der Waals surface area contributed by atoms with Gasteiger partial charge in [0.2, 0.25) is 5.91 Å². The van der Waals surface area contributed by atoms with Gasteiger partial charge in [-0.25, -0.2) is 0 Å². The molecule has 0 aliphatic carbocycles. The summed E-state index contributed by atoms with van der Waals surface area (Å²) in [7, 11) is 0. The zero-order chi connectivity index (χ0) is 15.6. The smallest absolute Gasteiger partial charge is 0.405 e. The molecule has 0 bridgehead atoms. The molecule has 110 valence electrons. The van der Waals surface area contributed by atoms with E-state index in [2.05, 4.69) is 4.74 Å². The number of carbonyl (C=O) groups excluding carboxylic acids is 1. The van der Waals surface area contributed by atoms with Crippen LogP contribution in [0.3, 0.4) is 0 Å². The topological polar surface area (TPSA) is 52.3 Å². The molecule has 0 aliphatic heterocycles. The molecular formula is C14H9ClF3NO2. The highest BCUT2D eigenvalue weighted by molar-refractivity contribution is 6.31. The van der Waals surface area contributed by atoms with Gasteiger partial charge < -0.3 is 10.5 Å². The summed E-state index contributed by atoms with van der Waals surface area (Å²) < 4.78 is 41.2. The van der Waals surface area contributed by atoms with E-state index in [0.29, 0.717) is 0 Å². The van der Waals surface area contributed by atoms with Gasteiger partial charge in [-0.3, -0.25) is 4.79 Å². The van der Waals surface area contributed by atoms with E-state index < -0.39 is 18.0 Å². The Morgan fingerprint density at radius 3 is 2.38 bits per heavy atom. The monoisotopic (exact) mass is 315 g/mol. The minimum absolute atomic E-state index is 0.0146. The van der Waals surface area contributed by atoms with Crippen molar-refractivity contribution >= 4 is 17.5 Å². The minimum Gasteiger partial charge on any atom is -0.405 e. The van der Waals surface area contributed by atoms with Gasteiger partial charge in [0, 0.05) is 16.1 Å². The lowest BCUT2D eigenvalue weighted by molar-refractivity contribution is -0.274. The number of halogens is 4. The number of para-hydroxylation sites is 1. The lowest BCUT2D eigenvalue weighted by Gasteiger charge is -2.15. The number of amides is 1. The number of primary amides is 1. The molecule has 0 heterocycles. The van der Waals surface area contributed by atoms with Gasteiger partial charge in [-0.1, -0.05) is 35.9 Å². The van der Waals surface area contributed by atoms with Gasteiger partial charge in [-0.2, -0.15) is 0 Å². The van der Waals surface area contributed by atoms with Crippen LogP contribution in [0.2, 0.25) is 5.02 Å². The van der Waals surface area contributed by atoms with Crippen molar-refractivity contribution < 1.29 is 22.7 Å². The zero-order valence-corrected chi connectivity index (χ0v) is 11.2. The molecular weight excluding hydrogens is 307 g/mol. The molecule has 1 amide bonds. The lowest BCUT2D eigenvalue weighted by Crippen LogP contribution is -2.18. The highest BCUT2D eigenvalue weighted by Crippen LogP contribution is 2.36. The van der Waals surface area contributed by atoms with E-state index in [1.807, 2.05) is 0 Å². The first-order valence-electron chi connectivity index (χ1n) is 5.72. The molecule has 0 fully saturated rings. The Kier molecular flexibility index (Phi) is 4.09. The molecule has 0 saturated carbocycles. The Morgan fingerprint density at radius 2 is 1.76 bits per heavy atom. The van der Waals surface area contributed by atoms with E-state index >= 15 is 0 Å². The molecule has 3 nitrogen and oxygen atoms in total. The fraction of sp³-hybridized carbons (Fsp3) is 0.0714. The highest BCUT2D eigenvalue weighted by Gasteiger charge is 2.32. The van der Waals surface area contributed by atoms with Crippen LogP contribution in [-0.4, -0.2) is 12.3 Å². The second-order valence-corrected chi connectivity index (χ2v) is 4.53. The van der Waals surface area contributed by atoms with Crippen molar-refractivity contribution in [2.24, 2.45) is 5.73 Å². The van der Waals surface area contributed by atoms with Gasteiger partial charge in [0.1, 0.15) is 5.75 Å². The predicted molar refractivity (Wildman–Crippen MR) is 72.1 cm³/mol. The minimum atomic E-state index is -4.84. The van der Waals surface area contributed by atoms with Crippen LogP contribution in [0.4, 0.5) is 13.2 Å². The number of nitrogens with two attached hydrogens (primary N) is 1. The number of hydrogen-bond donors (Lipinski definition) is 1. The second kappa shape index (κ2) is 5.65. The van der Waals surface area contributed by atoms with Crippen molar-refractivity contribution in [1.29, 1.82) is 0 Å². The van der Waals surface area contributed by atoms with Crippen molar-refractivity contribution in [3.05, 3.63) is 53.1 Å². The number of benzene rings is 2. The first-order valence-corrected chi connectivity index (χ1v) is 6.10. The molecule has 21 heavy (non-hydrogen) atoms. The average Bonchev–Trinajstić information content (AvgIpc) is 2.37. The largest absolute Gasteiger partial charge is 0.573 e. The summed E-state index contributed by atoms with van der Waals surface area (Å²) >= 11 is 5.78. The SMILES string of the molecule is NC(=O)c1cc(Cl)ccc1-c1ccccc1OC(F)(F)F. The fourth-order valence-corrected chi connectivity index (χ4v) is 2.03. The van der Waals surface area contributed by atoms with Crippen LogP contribution in [0, 0.1) is 0 Å². The number of alkyl halides is 3. The van der Waals surface area contributed by atoms with Gasteiger partial charge in [0.05, 0.1) is 0 Å². The van der Waals surface area contributed by atoms with Gasteiger partial charge in [0.15, 0.2) is 0 Å². The summed E-state index contributed by atoms with van der Waals surface area (Å²) in [5, 5.41) is 0.252. The van der Waals surface area contributed by atoms with Crippen molar-refractivity contribution in [2.45, 2.75) is 6.36 Å². The number of rotatable bonds is 3. The maximum absolute atomic E-state index is 12.4. The summed E-state index contributed by atoms with van der Waals surface area (Å²) in [6, 6.07) is 9.64. The van der Waals surface area contributed by atoms with Gasteiger partial charge in [-0.15, -0.1) is 13.2 Å². The van der Waals surface area contributed by atoms with E-state index in [0.717, 1.165) is 6.07 Å². The highest BCUT2D eigenvalue weighted by atomic mass is 35.5. The summed E-state index contributed by atoms with van der Waals surface area (Å²) in [6.07, 6.45) is -4.84. The van der Waals surface area contributed by atoms with E-state index in [4.69, 9.17) is 17.3 Å². The maximum atomic E-state index is 12.4. The Bertz CT molecular complexity index is 686. The van der Waals surface area contributed by atoms with Crippen molar-refractivity contribution in [3.8, 4) is 16.9 Å². The zero-order valence-electron chi connectivity index (χ0n) is 10.4. The molecule has 0 unspecified atom stereocenters. The predicted octanol–water partition coefficient (Wildman–Crippen LogP) is 4.00. The van der Waals surface area contributed by atoms with Crippen LogP contribution in [0.25, 0.3) is 11.1 Å². The molecule has 0 spiro atoms. The number of hydrogen-bond acceptors (Lipinski definition) is 2. The van der Waals surface area contributed by atoms with Crippen LogP contribution in [0.15, 0.2) is 42.5 Å². The molecule has 2 N–H and O–H groups in total. The fourth-order valence-electron chi connectivity index (χ4n) is 1.86. The van der Waals surface area contributed by atoms with E-state index in [-0.39, 0.29) is 21.7 Å². The molecule has 2 rings (SSSR count). The second-order valence-electron chi connectivity index (χ2n) is 4.10. The first kappa shape index (κ1) is 15.2. The number of ether oxygens (including phenoxy) is 1. The molecule has 0 aromatic heterocycles. The van der Waals surface area contributed by atoms with Crippen LogP contribution in [-0.2, 0) is 0 Å². The standard InChI is InChI=1S/C14H9ClF3NO2/c15-8-5-6-9(11(7-8)13(19)20)10-3-1-2-4-12(10)21-14(16,17)18/h1-7H,(H2,19,20). The summed E-state index contributed by atoms with van der Waals surface area (Å²) in [6.45, 7) is 0. The summed E-state index contributed by atoms with van der Waals surface area (Å²) in [5.41, 5.74) is 5.56. The molecule has 0 radical (unpaired) electrons. The number of carbonyl (C=O) groups is 1. The molecule has 0 atom stereocenters. The maximum Gasteiger partial charge on any atom is 0.573 e. The summed E-state index contributed by atoms with van der Waals surface area (Å²) in [4.78, 5) is 11.4. The van der Waals surface area contributed by atoms with Crippen molar-refractivity contribution in [2.75, 3.05) is 0 Å². The molecule has 0 aliphatic rings. The Morgan fingerprint density at radius 1 is 1.10 bits per heavy atom. The summed E-state index contributed by atoms with van der Waals surface area (Å²) in [5.74, 6) is -1.22. The Labute approximate surface area is 123 Å². The van der Waals surface area contributed by atoms with E-state index in [1.165, 1.54) is 36.4 Å². The van der Waals surface area contributed by atoms with Gasteiger partial charge in [-0.05, 0) is 23.8 Å². The Balaban J connectivity index is 2.60. The van der Waals surface area contributed by atoms with Crippen LogP contribution >= 0.6 is 11.6 Å². The third kappa shape index (κ3) is 3.66. The molecule has 0 saturated heterocycles. The van der Waals surface area contributed by atoms with Crippen LogP contribution in [0.1, 0.15) is 10.4 Å². The third-order valence-electron chi connectivity index (χ3n) is 2.65. The van der Waals surface area contributed by atoms with Crippen LogP contribution < -0.4 is 10.5 Å².